The summed E-state index contributed by atoms with van der Waals surface area (Å²) in [5.41, 5.74) is 0.978. The molecule has 0 saturated carbocycles. The fourth-order valence-corrected chi connectivity index (χ4v) is 5.66. The summed E-state index contributed by atoms with van der Waals surface area (Å²) < 4.78 is 40.7. The van der Waals surface area contributed by atoms with Crippen molar-refractivity contribution in [3.05, 3.63) is 94.7 Å². The predicted octanol–water partition coefficient (Wildman–Crippen LogP) is 6.84. The van der Waals surface area contributed by atoms with Crippen LogP contribution in [-0.2, 0) is 15.9 Å². The van der Waals surface area contributed by atoms with E-state index in [1.165, 1.54) is 40.1 Å². The van der Waals surface area contributed by atoms with Crippen molar-refractivity contribution in [2.75, 3.05) is 47.5 Å². The number of nitrogens with one attached hydrogen (secondary N) is 1. The van der Waals surface area contributed by atoms with Crippen molar-refractivity contribution in [3.63, 3.8) is 0 Å². The van der Waals surface area contributed by atoms with E-state index < -0.39 is 23.2 Å². The summed E-state index contributed by atoms with van der Waals surface area (Å²) in [4.78, 5) is 45.3. The largest absolute Gasteiger partial charge is 0.493 e. The molecule has 0 bridgehead atoms. The molecule has 1 amide bonds. The molecule has 0 unspecified atom stereocenters. The van der Waals surface area contributed by atoms with Crippen LogP contribution in [0.5, 0.6) is 28.7 Å². The van der Waals surface area contributed by atoms with Gasteiger partial charge in [0.15, 0.2) is 23.0 Å². The second kappa shape index (κ2) is 15.8. The molecule has 2 heterocycles. The SMILES string of the molecule is COC(=O)c1c(-c2cc(OC)c(OC)c(OC)c2)c2cc(OCCc3ccccn3)c(OC)cc2c(=O)n1-c1ccc(NC(=O)OC(C)(C)C)cc1. The Kier molecular flexibility index (Phi) is 11.2. The van der Waals surface area contributed by atoms with E-state index >= 15 is 0 Å². The van der Waals surface area contributed by atoms with E-state index in [-0.39, 0.29) is 17.7 Å². The number of methoxy groups -OCH3 is 5. The number of carbonyl (C=O) groups excluding carboxylic acids is 2. The van der Waals surface area contributed by atoms with Crippen molar-refractivity contribution in [2.24, 2.45) is 0 Å². The van der Waals surface area contributed by atoms with Crippen LogP contribution in [0, 0.1) is 0 Å². The van der Waals surface area contributed by atoms with Crippen LogP contribution in [0.4, 0.5) is 10.5 Å². The van der Waals surface area contributed by atoms with Crippen molar-refractivity contribution < 1.29 is 42.7 Å². The molecule has 13 heteroatoms. The number of rotatable bonds is 12. The first-order valence-corrected chi connectivity index (χ1v) is 16.3. The standard InChI is InChI=1S/C39H41N3O10/c1-39(2,3)52-38(45)41-25-12-14-26(15-13-25)42-34(37(44)50-8)33(23-19-31(47-5)35(49-7)32(20-23)48-6)27-21-30(29(46-4)22-28(27)36(42)43)51-18-16-24-11-9-10-17-40-24/h9-15,17,19-22H,16,18H2,1-8H3,(H,41,45). The van der Waals surface area contributed by atoms with E-state index in [2.05, 4.69) is 10.3 Å². The smallest absolute Gasteiger partial charge is 0.412 e. The Morgan fingerprint density at radius 3 is 2.00 bits per heavy atom. The van der Waals surface area contributed by atoms with Gasteiger partial charge < -0.3 is 33.2 Å². The molecular formula is C39H41N3O10. The summed E-state index contributed by atoms with van der Waals surface area (Å²) in [6.45, 7) is 5.53. The number of pyridine rings is 2. The molecule has 0 aliphatic rings. The Bertz CT molecular complexity index is 2110. The van der Waals surface area contributed by atoms with E-state index in [1.807, 2.05) is 18.2 Å². The number of ether oxygens (including phenoxy) is 7. The fraction of sp³-hybridized carbons (Fsp3) is 0.282. The lowest BCUT2D eigenvalue weighted by molar-refractivity contribution is 0.0589. The van der Waals surface area contributed by atoms with Crippen molar-refractivity contribution in [1.29, 1.82) is 0 Å². The number of nitrogens with zero attached hydrogens (tertiary/aromatic N) is 2. The van der Waals surface area contributed by atoms with Gasteiger partial charge in [0, 0.05) is 40.6 Å². The highest BCUT2D eigenvalue weighted by atomic mass is 16.6. The highest BCUT2D eigenvalue weighted by Crippen LogP contribution is 2.45. The van der Waals surface area contributed by atoms with E-state index in [0.717, 1.165) is 5.69 Å². The molecule has 52 heavy (non-hydrogen) atoms. The van der Waals surface area contributed by atoms with Crippen molar-refractivity contribution >= 4 is 28.5 Å². The monoisotopic (exact) mass is 711 g/mol. The van der Waals surface area contributed by atoms with Crippen LogP contribution in [-0.4, -0.2) is 69.4 Å². The number of anilines is 1. The van der Waals surface area contributed by atoms with Crippen molar-refractivity contribution in [2.45, 2.75) is 32.8 Å². The van der Waals surface area contributed by atoms with Crippen LogP contribution >= 0.6 is 0 Å². The topological polar surface area (TPSA) is 146 Å². The molecule has 272 valence electrons. The van der Waals surface area contributed by atoms with Gasteiger partial charge in [-0.1, -0.05) is 6.07 Å². The number of hydrogen-bond acceptors (Lipinski definition) is 11. The zero-order valence-electron chi connectivity index (χ0n) is 30.3. The highest BCUT2D eigenvalue weighted by molar-refractivity contribution is 6.08. The van der Waals surface area contributed by atoms with Crippen LogP contribution in [0.15, 0.2) is 77.7 Å². The van der Waals surface area contributed by atoms with Gasteiger partial charge >= 0.3 is 12.1 Å². The lowest BCUT2D eigenvalue weighted by atomic mass is 9.95. The van der Waals surface area contributed by atoms with E-state index in [4.69, 9.17) is 33.2 Å². The second-order valence-corrected chi connectivity index (χ2v) is 12.4. The van der Waals surface area contributed by atoms with Gasteiger partial charge in [0.25, 0.3) is 5.56 Å². The summed E-state index contributed by atoms with van der Waals surface area (Å²) >= 11 is 0. The number of hydrogen-bond donors (Lipinski definition) is 1. The number of fused-ring (bicyclic) bond motifs is 1. The zero-order chi connectivity index (χ0) is 37.6. The van der Waals surface area contributed by atoms with Crippen LogP contribution in [0.25, 0.3) is 27.6 Å². The van der Waals surface area contributed by atoms with E-state index in [1.54, 1.807) is 75.5 Å². The van der Waals surface area contributed by atoms with Crippen LogP contribution in [0.1, 0.15) is 37.0 Å². The van der Waals surface area contributed by atoms with Gasteiger partial charge in [-0.2, -0.15) is 0 Å². The zero-order valence-corrected chi connectivity index (χ0v) is 30.3. The molecule has 3 aromatic carbocycles. The summed E-state index contributed by atoms with van der Waals surface area (Å²) in [5.74, 6) is 0.806. The maximum Gasteiger partial charge on any atom is 0.412 e. The van der Waals surface area contributed by atoms with Crippen LogP contribution in [0.2, 0.25) is 0 Å². The van der Waals surface area contributed by atoms with Crippen LogP contribution in [0.3, 0.4) is 0 Å². The molecule has 0 aliphatic carbocycles. The first-order chi connectivity index (χ1) is 24.9. The van der Waals surface area contributed by atoms with Crippen molar-refractivity contribution in [1.82, 2.24) is 9.55 Å². The number of amides is 1. The van der Waals surface area contributed by atoms with Gasteiger partial charge in [-0.15, -0.1) is 0 Å². The minimum atomic E-state index is -0.799. The Hall–Kier alpha value is -6.24. The number of carbonyl (C=O) groups is 2. The maximum atomic E-state index is 14.6. The molecule has 5 aromatic rings. The molecule has 0 atom stereocenters. The van der Waals surface area contributed by atoms with Gasteiger partial charge in [-0.3, -0.25) is 19.7 Å². The second-order valence-electron chi connectivity index (χ2n) is 12.4. The highest BCUT2D eigenvalue weighted by Gasteiger charge is 2.28. The van der Waals surface area contributed by atoms with Crippen molar-refractivity contribution in [3.8, 4) is 45.6 Å². The molecule has 0 fully saturated rings. The molecule has 2 aromatic heterocycles. The lowest BCUT2D eigenvalue weighted by Crippen LogP contribution is -2.27. The normalized spacial score (nSPS) is 11.1. The van der Waals surface area contributed by atoms with E-state index in [9.17, 15) is 14.4 Å². The molecule has 0 aliphatic heterocycles. The molecular weight excluding hydrogens is 670 g/mol. The summed E-state index contributed by atoms with van der Waals surface area (Å²) in [5, 5.41) is 3.26. The molecule has 1 N–H and O–H groups in total. The minimum absolute atomic E-state index is 0.0910. The third kappa shape index (κ3) is 7.88. The number of aromatic nitrogens is 2. The van der Waals surface area contributed by atoms with Gasteiger partial charge in [-0.05, 0) is 87.0 Å². The predicted molar refractivity (Wildman–Crippen MR) is 196 cm³/mol. The Morgan fingerprint density at radius 1 is 0.788 bits per heavy atom. The Balaban J connectivity index is 1.78. The minimum Gasteiger partial charge on any atom is -0.493 e. The summed E-state index contributed by atoms with van der Waals surface area (Å²) in [6.07, 6.45) is 1.57. The average molecular weight is 712 g/mol. The Labute approximate surface area is 301 Å². The third-order valence-corrected chi connectivity index (χ3v) is 7.91. The molecule has 13 nitrogen and oxygen atoms in total. The summed E-state index contributed by atoms with van der Waals surface area (Å²) in [7, 11) is 7.15. The molecule has 5 rings (SSSR count). The molecule has 0 spiro atoms. The lowest BCUT2D eigenvalue weighted by Gasteiger charge is -2.22. The van der Waals surface area contributed by atoms with Crippen LogP contribution < -0.4 is 34.6 Å². The molecule has 0 saturated heterocycles. The Morgan fingerprint density at radius 2 is 1.44 bits per heavy atom. The fourth-order valence-electron chi connectivity index (χ4n) is 5.66. The number of benzene rings is 3. The molecule has 0 radical (unpaired) electrons. The first-order valence-electron chi connectivity index (χ1n) is 16.3. The van der Waals surface area contributed by atoms with Gasteiger partial charge in [0.1, 0.15) is 11.3 Å². The van der Waals surface area contributed by atoms with Gasteiger partial charge in [0.2, 0.25) is 5.75 Å². The average Bonchev–Trinajstić information content (AvgIpc) is 3.13. The van der Waals surface area contributed by atoms with Gasteiger partial charge in [0.05, 0.1) is 47.5 Å². The quantitative estimate of drug-likeness (QED) is 0.136. The number of esters is 1. The summed E-state index contributed by atoms with van der Waals surface area (Å²) in [6, 6.07) is 18.6. The van der Waals surface area contributed by atoms with Gasteiger partial charge in [-0.25, -0.2) is 9.59 Å². The first kappa shape index (κ1) is 37.0. The maximum absolute atomic E-state index is 14.6. The van der Waals surface area contributed by atoms with E-state index in [0.29, 0.717) is 63.1 Å². The third-order valence-electron chi connectivity index (χ3n) is 7.91.